The van der Waals surface area contributed by atoms with Crippen molar-refractivity contribution in [2.24, 2.45) is 4.99 Å². The molecular formula is C14H19NO2S. The molecule has 1 rings (SSSR count). The molecule has 4 heteroatoms. The SMILES string of the molecule is C/C=C1/C(C)=C(C(=O)OCC)S/C1=N\C=C\CC. The van der Waals surface area contributed by atoms with Gasteiger partial charge in [-0.1, -0.05) is 30.8 Å². The summed E-state index contributed by atoms with van der Waals surface area (Å²) in [5.74, 6) is -0.260. The van der Waals surface area contributed by atoms with Crippen molar-refractivity contribution >= 4 is 22.8 Å². The van der Waals surface area contributed by atoms with Gasteiger partial charge in [0.1, 0.15) is 9.95 Å². The predicted molar refractivity (Wildman–Crippen MR) is 77.5 cm³/mol. The number of aliphatic imine (C=N–C) groups is 1. The molecule has 0 amide bonds. The van der Waals surface area contributed by atoms with Crippen LogP contribution in [0.1, 0.15) is 34.1 Å². The van der Waals surface area contributed by atoms with Crippen molar-refractivity contribution < 1.29 is 9.53 Å². The fourth-order valence-corrected chi connectivity index (χ4v) is 2.66. The third-order valence-electron chi connectivity index (χ3n) is 2.46. The van der Waals surface area contributed by atoms with E-state index in [2.05, 4.69) is 11.9 Å². The van der Waals surface area contributed by atoms with E-state index in [1.54, 1.807) is 6.20 Å². The lowest BCUT2D eigenvalue weighted by molar-refractivity contribution is -0.137. The van der Waals surface area contributed by atoms with Gasteiger partial charge in [-0.25, -0.2) is 9.79 Å². The first-order chi connectivity index (χ1) is 8.65. The van der Waals surface area contributed by atoms with Crippen molar-refractivity contribution in [3.8, 4) is 0 Å². The largest absolute Gasteiger partial charge is 0.462 e. The minimum atomic E-state index is -0.260. The lowest BCUT2D eigenvalue weighted by Crippen LogP contribution is -2.05. The normalized spacial score (nSPS) is 20.4. The van der Waals surface area contributed by atoms with E-state index in [1.165, 1.54) is 11.8 Å². The fraction of sp³-hybridized carbons (Fsp3) is 0.429. The number of esters is 1. The number of ether oxygens (including phenoxy) is 1. The van der Waals surface area contributed by atoms with Crippen molar-refractivity contribution in [1.29, 1.82) is 0 Å². The van der Waals surface area contributed by atoms with Gasteiger partial charge in [0, 0.05) is 11.8 Å². The number of rotatable bonds is 4. The second-order valence-corrected chi connectivity index (χ2v) is 4.71. The molecule has 0 unspecified atom stereocenters. The Labute approximate surface area is 113 Å². The van der Waals surface area contributed by atoms with Crippen LogP contribution in [0.5, 0.6) is 0 Å². The first kappa shape index (κ1) is 14.8. The number of thioether (sulfide) groups is 1. The molecule has 1 aliphatic heterocycles. The Hall–Kier alpha value is -1.29. The highest BCUT2D eigenvalue weighted by atomic mass is 32.2. The maximum atomic E-state index is 11.8. The van der Waals surface area contributed by atoms with E-state index in [1.807, 2.05) is 32.9 Å². The van der Waals surface area contributed by atoms with Gasteiger partial charge in [-0.05, 0) is 32.8 Å². The van der Waals surface area contributed by atoms with Gasteiger partial charge in [0.2, 0.25) is 0 Å². The molecule has 1 aliphatic rings. The van der Waals surface area contributed by atoms with Crippen LogP contribution in [-0.4, -0.2) is 17.6 Å². The molecule has 0 aromatic heterocycles. The smallest absolute Gasteiger partial charge is 0.345 e. The van der Waals surface area contributed by atoms with E-state index >= 15 is 0 Å². The molecule has 0 saturated carbocycles. The van der Waals surface area contributed by atoms with Crippen molar-refractivity contribution in [2.75, 3.05) is 6.61 Å². The number of carbonyl (C=O) groups is 1. The lowest BCUT2D eigenvalue weighted by Gasteiger charge is -2.01. The Balaban J connectivity index is 2.98. The van der Waals surface area contributed by atoms with Crippen LogP contribution >= 0.6 is 11.8 Å². The highest BCUT2D eigenvalue weighted by Crippen LogP contribution is 2.38. The predicted octanol–water partition coefficient (Wildman–Crippen LogP) is 3.84. The summed E-state index contributed by atoms with van der Waals surface area (Å²) in [7, 11) is 0. The molecule has 0 spiro atoms. The van der Waals surface area contributed by atoms with Crippen LogP contribution in [0, 0.1) is 0 Å². The van der Waals surface area contributed by atoms with Gasteiger partial charge in [0.05, 0.1) is 6.61 Å². The van der Waals surface area contributed by atoms with E-state index in [0.29, 0.717) is 11.5 Å². The number of carbonyl (C=O) groups excluding carboxylic acids is 1. The standard InChI is InChI=1S/C14H19NO2S/c1-5-8-9-15-13-11(6-2)10(4)12(18-13)14(16)17-7-3/h6,8-9H,5,7H2,1-4H3/b9-8+,11-6-,15-13-. The van der Waals surface area contributed by atoms with Gasteiger partial charge < -0.3 is 4.74 Å². The number of nitrogens with zero attached hydrogens (tertiary/aromatic N) is 1. The zero-order valence-electron chi connectivity index (χ0n) is 11.3. The first-order valence-corrected chi connectivity index (χ1v) is 6.93. The van der Waals surface area contributed by atoms with Crippen LogP contribution in [-0.2, 0) is 9.53 Å². The molecule has 0 radical (unpaired) electrons. The van der Waals surface area contributed by atoms with Crippen LogP contribution in [0.2, 0.25) is 0 Å². The molecule has 0 aliphatic carbocycles. The van der Waals surface area contributed by atoms with Crippen LogP contribution in [0.3, 0.4) is 0 Å². The number of hydrogen-bond donors (Lipinski definition) is 0. The van der Waals surface area contributed by atoms with Gasteiger partial charge >= 0.3 is 5.97 Å². The Morgan fingerprint density at radius 3 is 2.72 bits per heavy atom. The zero-order chi connectivity index (χ0) is 13.5. The van der Waals surface area contributed by atoms with E-state index in [9.17, 15) is 4.79 Å². The summed E-state index contributed by atoms with van der Waals surface area (Å²) >= 11 is 1.39. The van der Waals surface area contributed by atoms with Crippen LogP contribution < -0.4 is 0 Å². The summed E-state index contributed by atoms with van der Waals surface area (Å²) in [6.07, 6.45) is 6.70. The number of allylic oxidation sites excluding steroid dienone is 3. The summed E-state index contributed by atoms with van der Waals surface area (Å²) in [6.45, 7) is 8.14. The maximum Gasteiger partial charge on any atom is 0.345 e. The zero-order valence-corrected chi connectivity index (χ0v) is 12.1. The fourth-order valence-electron chi connectivity index (χ4n) is 1.56. The minimum absolute atomic E-state index is 0.260. The van der Waals surface area contributed by atoms with Crippen molar-refractivity contribution in [3.05, 3.63) is 34.4 Å². The quantitative estimate of drug-likeness (QED) is 0.725. The Bertz CT molecular complexity index is 445. The monoisotopic (exact) mass is 265 g/mol. The second-order valence-electron chi connectivity index (χ2n) is 3.71. The van der Waals surface area contributed by atoms with Crippen LogP contribution in [0.4, 0.5) is 0 Å². The lowest BCUT2D eigenvalue weighted by atomic mass is 10.1. The van der Waals surface area contributed by atoms with Crippen LogP contribution in [0.25, 0.3) is 0 Å². The van der Waals surface area contributed by atoms with Gasteiger partial charge in [-0.2, -0.15) is 0 Å². The average molecular weight is 265 g/mol. The molecule has 0 bridgehead atoms. The highest BCUT2D eigenvalue weighted by molar-refractivity contribution is 8.19. The maximum absolute atomic E-state index is 11.8. The third-order valence-corrected chi connectivity index (χ3v) is 3.65. The molecule has 0 saturated heterocycles. The van der Waals surface area contributed by atoms with Crippen LogP contribution in [0.15, 0.2) is 39.4 Å². The summed E-state index contributed by atoms with van der Waals surface area (Å²) in [5.41, 5.74) is 1.97. The summed E-state index contributed by atoms with van der Waals surface area (Å²) in [6, 6.07) is 0. The molecule has 3 nitrogen and oxygen atoms in total. The Morgan fingerprint density at radius 1 is 1.44 bits per heavy atom. The molecule has 98 valence electrons. The molecule has 18 heavy (non-hydrogen) atoms. The number of hydrogen-bond acceptors (Lipinski definition) is 4. The molecule has 1 heterocycles. The summed E-state index contributed by atoms with van der Waals surface area (Å²) in [4.78, 5) is 16.8. The molecular weight excluding hydrogens is 246 g/mol. The molecule has 0 atom stereocenters. The van der Waals surface area contributed by atoms with E-state index in [-0.39, 0.29) is 5.97 Å². The Kier molecular flexibility index (Phi) is 5.92. The minimum Gasteiger partial charge on any atom is -0.462 e. The average Bonchev–Trinajstić information content (AvgIpc) is 2.66. The summed E-state index contributed by atoms with van der Waals surface area (Å²) in [5, 5.41) is 0.864. The van der Waals surface area contributed by atoms with E-state index < -0.39 is 0 Å². The second kappa shape index (κ2) is 7.21. The molecule has 0 aromatic rings. The highest BCUT2D eigenvalue weighted by Gasteiger charge is 2.28. The summed E-state index contributed by atoms with van der Waals surface area (Å²) < 4.78 is 5.05. The van der Waals surface area contributed by atoms with Crippen molar-refractivity contribution in [1.82, 2.24) is 0 Å². The van der Waals surface area contributed by atoms with E-state index in [0.717, 1.165) is 22.6 Å². The van der Waals surface area contributed by atoms with E-state index in [4.69, 9.17) is 4.74 Å². The Morgan fingerprint density at radius 2 is 2.17 bits per heavy atom. The topological polar surface area (TPSA) is 38.7 Å². The van der Waals surface area contributed by atoms with Crippen molar-refractivity contribution in [3.63, 3.8) is 0 Å². The third kappa shape index (κ3) is 3.35. The molecule has 0 aromatic carbocycles. The van der Waals surface area contributed by atoms with Crippen molar-refractivity contribution in [2.45, 2.75) is 34.1 Å². The van der Waals surface area contributed by atoms with Gasteiger partial charge in [0.25, 0.3) is 0 Å². The first-order valence-electron chi connectivity index (χ1n) is 6.11. The molecule has 0 N–H and O–H groups in total. The molecule has 0 fully saturated rings. The van der Waals surface area contributed by atoms with Gasteiger partial charge in [-0.3, -0.25) is 0 Å². The van der Waals surface area contributed by atoms with Gasteiger partial charge in [0.15, 0.2) is 0 Å². The van der Waals surface area contributed by atoms with Gasteiger partial charge in [-0.15, -0.1) is 0 Å².